The molecular formula is C41H40N2O9. The number of esters is 3. The third kappa shape index (κ3) is 5.71. The smallest absolute Gasteiger partial charge is 0.325 e. The van der Waals surface area contributed by atoms with Crippen molar-refractivity contribution in [2.45, 2.75) is 68.2 Å². The minimum absolute atomic E-state index is 0.110. The maximum absolute atomic E-state index is 14.8. The second-order valence-corrected chi connectivity index (χ2v) is 13.9. The summed E-state index contributed by atoms with van der Waals surface area (Å²) in [4.78, 5) is 69.5. The standard InChI is InChI=1S/C41H40N2O9/c1-50-37(46)28(38(47)51-2)20-12-13-24-21-22-30-29(23-24)41(40(49)42-30)31(36(44)45)33-39(48)52-34(26-16-8-4-9-17-26)32(25-14-6-3-7-15-25)43(33)35(41)27-18-10-5-11-19-27/h3-4,6-9,14-17,21-23,27-28,31-35H,5,10-11,18-20H2,1-2H3,(H,42,49)(H,44,45)/t31-,32-,33-,34+,35+,41-/m0/s1. The van der Waals surface area contributed by atoms with E-state index in [-0.39, 0.29) is 12.3 Å². The lowest BCUT2D eigenvalue weighted by Crippen LogP contribution is -2.56. The SMILES string of the molecule is COC(=O)C(CC#Cc1ccc2c(c1)[C@]1(C(=O)N2)[C@H](C(=O)O)[C@H]2C(=O)O[C@H](c3ccccc3)[C@H](c3ccccc3)N2[C@@H]1C1CCCCC1)C(=O)OC. The number of hydrogen-bond acceptors (Lipinski definition) is 9. The molecule has 4 aliphatic rings. The highest BCUT2D eigenvalue weighted by Crippen LogP contribution is 2.62. The average molecular weight is 705 g/mol. The molecule has 11 heteroatoms. The Kier molecular flexibility index (Phi) is 9.60. The topological polar surface area (TPSA) is 149 Å². The van der Waals surface area contributed by atoms with E-state index in [1.165, 1.54) is 14.2 Å². The van der Waals surface area contributed by atoms with Crippen molar-refractivity contribution in [1.82, 2.24) is 4.90 Å². The van der Waals surface area contributed by atoms with Crippen molar-refractivity contribution >= 4 is 35.5 Å². The molecule has 1 amide bonds. The number of carboxylic acid groups (broad SMARTS) is 1. The Hall–Kier alpha value is -5.47. The van der Waals surface area contributed by atoms with Crippen LogP contribution < -0.4 is 5.32 Å². The van der Waals surface area contributed by atoms with Gasteiger partial charge in [-0.1, -0.05) is 91.8 Å². The maximum atomic E-state index is 14.8. The maximum Gasteiger partial charge on any atom is 0.325 e. The lowest BCUT2D eigenvalue weighted by atomic mass is 9.62. The number of carbonyl (C=O) groups excluding carboxylic acids is 4. The molecule has 2 saturated heterocycles. The number of hydrogen-bond donors (Lipinski definition) is 2. The Bertz CT molecular complexity index is 1930. The number of carboxylic acids is 1. The van der Waals surface area contributed by atoms with E-state index in [4.69, 9.17) is 14.2 Å². The van der Waals surface area contributed by atoms with Crippen molar-refractivity contribution in [3.05, 3.63) is 101 Å². The van der Waals surface area contributed by atoms with Crippen LogP contribution in [-0.4, -0.2) is 66.1 Å². The highest BCUT2D eigenvalue weighted by molar-refractivity contribution is 6.11. The van der Waals surface area contributed by atoms with Crippen LogP contribution in [0.4, 0.5) is 5.69 Å². The largest absolute Gasteiger partial charge is 0.481 e. The molecule has 11 nitrogen and oxygen atoms in total. The molecule has 0 unspecified atom stereocenters. The first-order valence-corrected chi connectivity index (χ1v) is 17.6. The second-order valence-electron chi connectivity index (χ2n) is 13.9. The van der Waals surface area contributed by atoms with Gasteiger partial charge in [0.25, 0.3) is 0 Å². The van der Waals surface area contributed by atoms with Crippen LogP contribution in [0, 0.1) is 29.6 Å². The summed E-state index contributed by atoms with van der Waals surface area (Å²) in [5, 5.41) is 14.2. The van der Waals surface area contributed by atoms with Gasteiger partial charge in [0.2, 0.25) is 5.91 Å². The van der Waals surface area contributed by atoms with Crippen LogP contribution in [0.5, 0.6) is 0 Å². The number of benzene rings is 3. The Morgan fingerprint density at radius 2 is 1.54 bits per heavy atom. The number of aliphatic carboxylic acids is 1. The van der Waals surface area contributed by atoms with Crippen molar-refractivity contribution in [1.29, 1.82) is 0 Å². The van der Waals surface area contributed by atoms with Crippen LogP contribution in [0.1, 0.15) is 72.9 Å². The van der Waals surface area contributed by atoms with Crippen LogP contribution in [0.25, 0.3) is 0 Å². The predicted octanol–water partition coefficient (Wildman–Crippen LogP) is 4.95. The lowest BCUT2D eigenvalue weighted by Gasteiger charge is -2.48. The van der Waals surface area contributed by atoms with Gasteiger partial charge in [0, 0.05) is 23.7 Å². The van der Waals surface area contributed by atoms with Crippen molar-refractivity contribution in [3.63, 3.8) is 0 Å². The summed E-state index contributed by atoms with van der Waals surface area (Å²) in [7, 11) is 2.35. The predicted molar refractivity (Wildman–Crippen MR) is 187 cm³/mol. The molecule has 3 fully saturated rings. The zero-order valence-corrected chi connectivity index (χ0v) is 29.0. The monoisotopic (exact) mass is 704 g/mol. The first-order valence-electron chi connectivity index (χ1n) is 17.6. The fourth-order valence-electron chi connectivity index (χ4n) is 9.14. The van der Waals surface area contributed by atoms with Crippen LogP contribution in [0.2, 0.25) is 0 Å². The Morgan fingerprint density at radius 1 is 0.904 bits per heavy atom. The zero-order valence-electron chi connectivity index (χ0n) is 29.0. The highest BCUT2D eigenvalue weighted by atomic mass is 16.6. The number of nitrogens with one attached hydrogen (secondary N) is 1. The first-order chi connectivity index (χ1) is 25.2. The van der Waals surface area contributed by atoms with Crippen LogP contribution in [0.3, 0.4) is 0 Å². The quantitative estimate of drug-likeness (QED) is 0.150. The summed E-state index contributed by atoms with van der Waals surface area (Å²) in [6, 6.07) is 21.6. The Labute approximate surface area is 301 Å². The van der Waals surface area contributed by atoms with Gasteiger partial charge in [-0.3, -0.25) is 28.9 Å². The molecule has 1 aliphatic carbocycles. The number of amides is 1. The molecule has 268 valence electrons. The van der Waals surface area contributed by atoms with Crippen molar-refractivity contribution < 1.29 is 43.3 Å². The van der Waals surface area contributed by atoms with Crippen molar-refractivity contribution in [3.8, 4) is 11.8 Å². The summed E-state index contributed by atoms with van der Waals surface area (Å²) in [5.41, 5.74) is 1.29. The van der Waals surface area contributed by atoms with E-state index in [1.807, 2.05) is 65.6 Å². The molecule has 0 aromatic heterocycles. The molecule has 0 bridgehead atoms. The molecule has 3 aromatic carbocycles. The molecule has 7 rings (SSSR count). The zero-order chi connectivity index (χ0) is 36.6. The fraction of sp³-hybridized carbons (Fsp3) is 0.390. The third-order valence-corrected chi connectivity index (χ3v) is 11.2. The molecule has 52 heavy (non-hydrogen) atoms. The molecule has 3 heterocycles. The summed E-state index contributed by atoms with van der Waals surface area (Å²) >= 11 is 0. The summed E-state index contributed by atoms with van der Waals surface area (Å²) < 4.78 is 15.8. The van der Waals surface area contributed by atoms with E-state index in [0.717, 1.165) is 43.2 Å². The summed E-state index contributed by atoms with van der Waals surface area (Å²) in [5.74, 6) is -0.948. The van der Waals surface area contributed by atoms with E-state index in [1.54, 1.807) is 18.2 Å². The summed E-state index contributed by atoms with van der Waals surface area (Å²) in [6.07, 6.45) is 3.44. The first kappa shape index (κ1) is 35.0. The van der Waals surface area contributed by atoms with Crippen molar-refractivity contribution in [2.75, 3.05) is 19.5 Å². The molecular weight excluding hydrogens is 664 g/mol. The van der Waals surface area contributed by atoms with Crippen LogP contribution in [-0.2, 0) is 43.6 Å². The number of cyclic esters (lactones) is 1. The number of fused-ring (bicyclic) bond motifs is 3. The van der Waals surface area contributed by atoms with Crippen LogP contribution in [0.15, 0.2) is 78.9 Å². The number of morpholine rings is 1. The van der Waals surface area contributed by atoms with E-state index in [0.29, 0.717) is 16.8 Å². The average Bonchev–Trinajstić information content (AvgIpc) is 3.65. The van der Waals surface area contributed by atoms with E-state index in [2.05, 4.69) is 17.2 Å². The normalized spacial score (nSPS) is 26.8. The molecule has 3 aromatic rings. The lowest BCUT2D eigenvalue weighted by molar-refractivity contribution is -0.180. The molecule has 6 atom stereocenters. The second kappa shape index (κ2) is 14.3. The molecule has 2 N–H and O–H groups in total. The molecule has 3 aliphatic heterocycles. The van der Waals surface area contributed by atoms with Gasteiger partial charge in [0.1, 0.15) is 23.5 Å². The third-order valence-electron chi connectivity index (χ3n) is 11.2. The number of anilines is 1. The Balaban J connectivity index is 1.42. The van der Waals surface area contributed by atoms with E-state index < -0.39 is 71.3 Å². The van der Waals surface area contributed by atoms with Gasteiger partial charge in [-0.2, -0.15) is 0 Å². The van der Waals surface area contributed by atoms with Crippen molar-refractivity contribution in [2.24, 2.45) is 17.8 Å². The van der Waals surface area contributed by atoms with Gasteiger partial charge >= 0.3 is 23.9 Å². The van der Waals surface area contributed by atoms with Gasteiger partial charge in [-0.05, 0) is 53.6 Å². The van der Waals surface area contributed by atoms with Gasteiger partial charge in [0.05, 0.1) is 20.3 Å². The number of carbonyl (C=O) groups is 5. The van der Waals surface area contributed by atoms with E-state index >= 15 is 0 Å². The number of nitrogens with zero attached hydrogens (tertiary/aromatic N) is 1. The Morgan fingerprint density at radius 3 is 2.15 bits per heavy atom. The fourth-order valence-corrected chi connectivity index (χ4v) is 9.14. The van der Waals surface area contributed by atoms with Gasteiger partial charge in [-0.15, -0.1) is 0 Å². The van der Waals surface area contributed by atoms with Gasteiger partial charge in [0.15, 0.2) is 5.92 Å². The minimum Gasteiger partial charge on any atom is -0.481 e. The molecule has 0 radical (unpaired) electrons. The summed E-state index contributed by atoms with van der Waals surface area (Å²) in [6.45, 7) is 0. The van der Waals surface area contributed by atoms with Gasteiger partial charge < -0.3 is 24.6 Å². The number of ether oxygens (including phenoxy) is 3. The number of methoxy groups -OCH3 is 2. The molecule has 1 saturated carbocycles. The minimum atomic E-state index is -1.68. The molecule has 1 spiro atoms. The highest BCUT2D eigenvalue weighted by Gasteiger charge is 2.75. The van der Waals surface area contributed by atoms with Gasteiger partial charge in [-0.25, -0.2) is 0 Å². The number of rotatable bonds is 7. The van der Waals surface area contributed by atoms with Crippen LogP contribution >= 0.6 is 0 Å². The van der Waals surface area contributed by atoms with E-state index in [9.17, 15) is 29.1 Å².